The molecule has 0 unspecified atom stereocenters. The van der Waals surface area contributed by atoms with Crippen molar-refractivity contribution in [2.75, 3.05) is 0 Å². The largest absolute Gasteiger partial charge is 0.436 e. The van der Waals surface area contributed by atoms with E-state index in [2.05, 4.69) is 109 Å². The highest BCUT2D eigenvalue weighted by molar-refractivity contribution is 5.83. The topological polar surface area (TPSA) is 38.9 Å². The predicted octanol–water partition coefficient (Wildman–Crippen LogP) is 12.8. The summed E-state index contributed by atoms with van der Waals surface area (Å²) in [5, 5.41) is 0. The van der Waals surface area contributed by atoms with Crippen LogP contribution in [-0.4, -0.2) is 9.97 Å². The zero-order chi connectivity index (χ0) is 34.7. The van der Waals surface area contributed by atoms with E-state index in [0.29, 0.717) is 11.3 Å². The van der Waals surface area contributed by atoms with Crippen molar-refractivity contribution in [1.82, 2.24) is 9.97 Å². The van der Waals surface area contributed by atoms with Crippen LogP contribution in [0.15, 0.2) is 114 Å². The summed E-state index contributed by atoms with van der Waals surface area (Å²) in [4.78, 5) is 10.4. The molecule has 53 heavy (non-hydrogen) atoms. The van der Waals surface area contributed by atoms with Crippen LogP contribution in [0, 0.1) is 35.5 Å². The van der Waals surface area contributed by atoms with Gasteiger partial charge in [0.25, 0.3) is 0 Å². The van der Waals surface area contributed by atoms with Gasteiger partial charge in [-0.05, 0) is 182 Å². The lowest BCUT2D eigenvalue weighted by Crippen LogP contribution is -2.49. The molecule has 0 saturated heterocycles. The standard InChI is InChI=1S/C50H48N2O/c1-2-4-39(5-3-1)45-22-42(24-47(51-45)50-28-34-19-35(29-50)21-36(20-34)30-50)38-8-6-37(7-9-38)41-12-15-44-46(23-41)53-48(52-44)40-10-13-43(14-11-40)49-25-31-16-32(26-49)18-33(17-31)27-49/h1-15,22-24,31-36H,16-21,25-30H2. The second-order valence-electron chi connectivity index (χ2n) is 18.7. The molecule has 2 heterocycles. The fraction of sp³-hybridized carbons (Fsp3) is 0.400. The van der Waals surface area contributed by atoms with E-state index >= 15 is 0 Å². The van der Waals surface area contributed by atoms with Gasteiger partial charge >= 0.3 is 0 Å². The molecular weight excluding hydrogens is 645 g/mol. The van der Waals surface area contributed by atoms with Gasteiger partial charge in [-0.15, -0.1) is 0 Å². The average molecular weight is 693 g/mol. The fourth-order valence-corrected chi connectivity index (χ4v) is 13.7. The van der Waals surface area contributed by atoms with E-state index in [9.17, 15) is 0 Å². The molecule has 4 aromatic carbocycles. The Hall–Kier alpha value is -4.50. The quantitative estimate of drug-likeness (QED) is 0.174. The van der Waals surface area contributed by atoms with Gasteiger partial charge in [0, 0.05) is 22.2 Å². The van der Waals surface area contributed by atoms with Gasteiger partial charge in [-0.1, -0.05) is 72.8 Å². The number of aromatic nitrogens is 2. The van der Waals surface area contributed by atoms with Crippen LogP contribution < -0.4 is 0 Å². The van der Waals surface area contributed by atoms with Gasteiger partial charge in [0.1, 0.15) is 5.52 Å². The highest BCUT2D eigenvalue weighted by Gasteiger charge is 2.53. The molecule has 3 nitrogen and oxygen atoms in total. The van der Waals surface area contributed by atoms with E-state index in [4.69, 9.17) is 14.4 Å². The summed E-state index contributed by atoms with van der Waals surface area (Å²) in [5.41, 5.74) is 13.5. The molecule has 0 atom stereocenters. The van der Waals surface area contributed by atoms with Crippen molar-refractivity contribution < 1.29 is 4.42 Å². The Morgan fingerprint density at radius 2 is 0.962 bits per heavy atom. The first-order chi connectivity index (χ1) is 26.0. The minimum Gasteiger partial charge on any atom is -0.436 e. The predicted molar refractivity (Wildman–Crippen MR) is 213 cm³/mol. The Bertz CT molecular complexity index is 2280. The van der Waals surface area contributed by atoms with Crippen LogP contribution in [0.2, 0.25) is 0 Å². The Balaban J connectivity index is 0.835. The third kappa shape index (κ3) is 5.13. The SMILES string of the molecule is c1ccc(-c2cc(-c3ccc(-c4ccc5nc(-c6ccc(C78CC9CC(CC(C9)C7)C8)cc6)oc5c4)cc3)cc(C34CC5CC(CC(C5)C3)C4)n2)cc1. The number of benzene rings is 4. The molecule has 8 aliphatic rings. The first-order valence-corrected chi connectivity index (χ1v) is 20.7. The summed E-state index contributed by atoms with van der Waals surface area (Å²) in [6.45, 7) is 0. The minimum absolute atomic E-state index is 0.246. The first-order valence-electron chi connectivity index (χ1n) is 20.7. The molecule has 2 aromatic heterocycles. The van der Waals surface area contributed by atoms with Crippen molar-refractivity contribution in [3.05, 3.63) is 120 Å². The molecule has 0 N–H and O–H groups in total. The Morgan fingerprint density at radius 3 is 1.57 bits per heavy atom. The maximum Gasteiger partial charge on any atom is 0.227 e. The van der Waals surface area contributed by atoms with Gasteiger partial charge < -0.3 is 4.42 Å². The zero-order valence-corrected chi connectivity index (χ0v) is 30.6. The maximum atomic E-state index is 6.45. The van der Waals surface area contributed by atoms with E-state index in [0.717, 1.165) is 63.4 Å². The third-order valence-corrected chi connectivity index (χ3v) is 15.2. The molecule has 3 heteroatoms. The van der Waals surface area contributed by atoms with Crippen LogP contribution in [0.25, 0.3) is 56.1 Å². The molecule has 14 rings (SSSR count). The van der Waals surface area contributed by atoms with E-state index in [1.807, 2.05) is 0 Å². The smallest absolute Gasteiger partial charge is 0.227 e. The van der Waals surface area contributed by atoms with Crippen LogP contribution in [0.1, 0.15) is 88.3 Å². The van der Waals surface area contributed by atoms with Crippen LogP contribution in [0.3, 0.4) is 0 Å². The molecule has 264 valence electrons. The monoisotopic (exact) mass is 692 g/mol. The number of pyridine rings is 1. The zero-order valence-electron chi connectivity index (χ0n) is 30.6. The Labute approximate surface area is 313 Å². The summed E-state index contributed by atoms with van der Waals surface area (Å²) in [6.07, 6.45) is 16.9. The molecule has 8 bridgehead atoms. The first kappa shape index (κ1) is 30.9. The molecule has 0 amide bonds. The number of hydrogen-bond donors (Lipinski definition) is 0. The molecule has 0 aliphatic heterocycles. The fourth-order valence-electron chi connectivity index (χ4n) is 13.7. The summed E-state index contributed by atoms with van der Waals surface area (Å²) < 4.78 is 6.45. The van der Waals surface area contributed by atoms with Crippen LogP contribution in [0.4, 0.5) is 0 Å². The van der Waals surface area contributed by atoms with E-state index in [1.54, 1.807) is 5.56 Å². The Morgan fingerprint density at radius 1 is 0.434 bits per heavy atom. The molecule has 0 radical (unpaired) electrons. The molecule has 8 saturated carbocycles. The van der Waals surface area contributed by atoms with E-state index in [-0.39, 0.29) is 5.41 Å². The number of nitrogens with zero attached hydrogens (tertiary/aromatic N) is 2. The Kier molecular flexibility index (Phi) is 6.71. The van der Waals surface area contributed by atoms with Gasteiger partial charge in [-0.3, -0.25) is 4.98 Å². The van der Waals surface area contributed by atoms with Crippen LogP contribution in [0.5, 0.6) is 0 Å². The average Bonchev–Trinajstić information content (AvgIpc) is 3.61. The molecule has 0 spiro atoms. The van der Waals surface area contributed by atoms with E-state index in [1.165, 1.54) is 105 Å². The van der Waals surface area contributed by atoms with Gasteiger partial charge in [0.05, 0.1) is 5.69 Å². The number of hydrogen-bond acceptors (Lipinski definition) is 3. The van der Waals surface area contributed by atoms with Gasteiger partial charge in [-0.25, -0.2) is 4.98 Å². The number of oxazole rings is 1. The summed E-state index contributed by atoms with van der Waals surface area (Å²) in [5.74, 6) is 6.24. The molecule has 8 aliphatic carbocycles. The van der Waals surface area contributed by atoms with Gasteiger partial charge in [-0.2, -0.15) is 0 Å². The molecule has 6 aromatic rings. The van der Waals surface area contributed by atoms with Crippen molar-refractivity contribution >= 4 is 11.1 Å². The van der Waals surface area contributed by atoms with Crippen molar-refractivity contribution in [2.45, 2.75) is 87.9 Å². The highest BCUT2D eigenvalue weighted by atomic mass is 16.3. The molecular formula is C50H48N2O. The summed E-state index contributed by atoms with van der Waals surface area (Å²) in [7, 11) is 0. The second-order valence-corrected chi connectivity index (χ2v) is 18.7. The van der Waals surface area contributed by atoms with Crippen molar-refractivity contribution in [2.24, 2.45) is 35.5 Å². The minimum atomic E-state index is 0.246. The third-order valence-electron chi connectivity index (χ3n) is 15.2. The normalized spacial score (nSPS) is 32.2. The van der Waals surface area contributed by atoms with Gasteiger partial charge in [0.15, 0.2) is 5.58 Å². The summed E-state index contributed by atoms with van der Waals surface area (Å²) in [6, 6.07) is 40.4. The number of rotatable bonds is 6. The lowest BCUT2D eigenvalue weighted by molar-refractivity contribution is -0.00713. The van der Waals surface area contributed by atoms with Crippen molar-refractivity contribution in [3.63, 3.8) is 0 Å². The molecule has 8 fully saturated rings. The van der Waals surface area contributed by atoms with Crippen LogP contribution in [-0.2, 0) is 10.8 Å². The van der Waals surface area contributed by atoms with Crippen LogP contribution >= 0.6 is 0 Å². The van der Waals surface area contributed by atoms with Crippen molar-refractivity contribution in [3.8, 4) is 45.0 Å². The summed E-state index contributed by atoms with van der Waals surface area (Å²) >= 11 is 0. The highest BCUT2D eigenvalue weighted by Crippen LogP contribution is 2.62. The second kappa shape index (κ2) is 11.5. The van der Waals surface area contributed by atoms with Gasteiger partial charge in [0.2, 0.25) is 5.89 Å². The maximum absolute atomic E-state index is 6.45. The lowest BCUT2D eigenvalue weighted by atomic mass is 9.48. The lowest BCUT2D eigenvalue weighted by Gasteiger charge is -2.57. The number of fused-ring (bicyclic) bond motifs is 1. The van der Waals surface area contributed by atoms with E-state index < -0.39 is 0 Å². The van der Waals surface area contributed by atoms with Crippen molar-refractivity contribution in [1.29, 1.82) is 0 Å².